The number of nitrogens with one attached hydrogen (secondary N) is 3. The lowest BCUT2D eigenvalue weighted by Crippen LogP contribution is -2.30. The summed E-state index contributed by atoms with van der Waals surface area (Å²) in [6, 6.07) is 6.25. The fraction of sp³-hybridized carbons (Fsp3) is 0.300. The monoisotopic (exact) mass is 508 g/mol. The van der Waals surface area contributed by atoms with Crippen molar-refractivity contribution in [2.24, 2.45) is 0 Å². The molecule has 0 atom stereocenters. The number of hydrogen-bond acceptors (Lipinski definition) is 6. The van der Waals surface area contributed by atoms with Crippen molar-refractivity contribution in [2.45, 2.75) is 26.2 Å². The van der Waals surface area contributed by atoms with Crippen LogP contribution in [0.1, 0.15) is 31.7 Å². The molecule has 0 aliphatic carbocycles. The van der Waals surface area contributed by atoms with Gasteiger partial charge in [0.2, 0.25) is 0 Å². The van der Waals surface area contributed by atoms with Crippen LogP contribution in [0.5, 0.6) is 0 Å². The lowest BCUT2D eigenvalue weighted by atomic mass is 10.1. The first kappa shape index (κ1) is 25.5. The molecule has 0 aromatic carbocycles. The van der Waals surface area contributed by atoms with E-state index in [1.54, 1.807) is 0 Å². The van der Waals surface area contributed by atoms with E-state index in [1.807, 2.05) is 44.8 Å². The Balaban J connectivity index is 1.39. The number of aromatic nitrogens is 5. The van der Waals surface area contributed by atoms with Gasteiger partial charge in [-0.2, -0.15) is 5.10 Å². The van der Waals surface area contributed by atoms with Crippen molar-refractivity contribution < 1.29 is 0 Å². The Morgan fingerprint density at radius 1 is 1.18 bits per heavy atom. The highest BCUT2D eigenvalue weighted by molar-refractivity contribution is 5.94. The summed E-state index contributed by atoms with van der Waals surface area (Å²) >= 11 is 0. The molecule has 8 nitrogen and oxygen atoms in total. The zero-order chi connectivity index (χ0) is 26.6. The van der Waals surface area contributed by atoms with E-state index in [1.165, 1.54) is 19.3 Å². The van der Waals surface area contributed by atoms with Crippen LogP contribution in [0.2, 0.25) is 0 Å². The Morgan fingerprint density at radius 3 is 2.79 bits per heavy atom. The summed E-state index contributed by atoms with van der Waals surface area (Å²) in [4.78, 5) is 17.1. The molecule has 3 N–H and O–H groups in total. The number of likely N-dealkylation sites (N-methyl/N-ethyl adjacent to an activating group) is 1. The van der Waals surface area contributed by atoms with Crippen LogP contribution < -0.4 is 20.8 Å². The van der Waals surface area contributed by atoms with Gasteiger partial charge in [-0.15, -0.1) is 0 Å². The van der Waals surface area contributed by atoms with Gasteiger partial charge >= 0.3 is 0 Å². The third-order valence-corrected chi connectivity index (χ3v) is 6.86. The molecule has 0 saturated carbocycles. The SMILES string of the molecule is C=C(CN(C)C)Nc1cncc(/C(C)=C/C=c2/[nH]nc(-c3cc4c(N5CCCCC5)nccc4[nH]3)c2=C)c1. The van der Waals surface area contributed by atoms with E-state index in [0.717, 1.165) is 80.8 Å². The second-order valence-electron chi connectivity index (χ2n) is 10.2. The van der Waals surface area contributed by atoms with Crippen molar-refractivity contribution in [3.63, 3.8) is 0 Å². The average molecular weight is 509 g/mol. The largest absolute Gasteiger partial charge is 0.357 e. The van der Waals surface area contributed by atoms with Gasteiger partial charge in [0, 0.05) is 48.3 Å². The summed E-state index contributed by atoms with van der Waals surface area (Å²) in [5.41, 5.74) is 6.77. The van der Waals surface area contributed by atoms with Crippen LogP contribution >= 0.6 is 0 Å². The lowest BCUT2D eigenvalue weighted by Gasteiger charge is -2.28. The Kier molecular flexibility index (Phi) is 7.42. The number of hydrogen-bond donors (Lipinski definition) is 3. The second kappa shape index (κ2) is 11.1. The highest BCUT2D eigenvalue weighted by atomic mass is 15.2. The number of anilines is 2. The van der Waals surface area contributed by atoms with E-state index in [2.05, 4.69) is 73.6 Å². The highest BCUT2D eigenvalue weighted by Crippen LogP contribution is 2.29. The van der Waals surface area contributed by atoms with Crippen LogP contribution in [0.4, 0.5) is 11.5 Å². The minimum absolute atomic E-state index is 0.758. The molecular weight excluding hydrogens is 472 g/mol. The summed E-state index contributed by atoms with van der Waals surface area (Å²) in [5, 5.41) is 13.9. The summed E-state index contributed by atoms with van der Waals surface area (Å²) in [7, 11) is 4.04. The molecule has 4 aromatic rings. The van der Waals surface area contributed by atoms with Crippen LogP contribution in [-0.2, 0) is 0 Å². The normalized spacial score (nSPS) is 15.0. The number of allylic oxidation sites excluding steroid dienone is 2. The van der Waals surface area contributed by atoms with E-state index in [-0.39, 0.29) is 0 Å². The fourth-order valence-corrected chi connectivity index (χ4v) is 4.92. The molecule has 0 radical (unpaired) electrons. The van der Waals surface area contributed by atoms with Crippen LogP contribution in [-0.4, -0.2) is 63.8 Å². The van der Waals surface area contributed by atoms with Crippen molar-refractivity contribution in [2.75, 3.05) is 43.9 Å². The summed E-state index contributed by atoms with van der Waals surface area (Å²) in [6.45, 7) is 13.4. The maximum Gasteiger partial charge on any atom is 0.137 e. The Labute approximate surface area is 223 Å². The predicted octanol–water partition coefficient (Wildman–Crippen LogP) is 4.12. The summed E-state index contributed by atoms with van der Waals surface area (Å²) < 4.78 is 0. The zero-order valence-corrected chi connectivity index (χ0v) is 22.5. The molecule has 4 aromatic heterocycles. The van der Waals surface area contributed by atoms with Gasteiger partial charge in [0.15, 0.2) is 0 Å². The van der Waals surface area contributed by atoms with Crippen LogP contribution in [0, 0.1) is 0 Å². The first-order valence-electron chi connectivity index (χ1n) is 13.1. The van der Waals surface area contributed by atoms with Crippen molar-refractivity contribution >= 4 is 40.6 Å². The minimum Gasteiger partial charge on any atom is -0.357 e. The second-order valence-corrected chi connectivity index (χ2v) is 10.2. The molecule has 0 amide bonds. The topological polar surface area (TPSA) is 88.8 Å². The first-order chi connectivity index (χ1) is 18.4. The fourth-order valence-electron chi connectivity index (χ4n) is 4.92. The van der Waals surface area contributed by atoms with Crippen molar-refractivity contribution in [3.05, 3.63) is 71.3 Å². The number of aromatic amines is 2. The molecule has 1 saturated heterocycles. The number of H-pyrrole nitrogens is 2. The molecule has 1 aliphatic rings. The summed E-state index contributed by atoms with van der Waals surface area (Å²) in [6.07, 6.45) is 13.4. The Hall–Kier alpha value is -4.17. The van der Waals surface area contributed by atoms with Gasteiger partial charge in [-0.1, -0.05) is 19.2 Å². The van der Waals surface area contributed by atoms with Gasteiger partial charge in [-0.05, 0) is 75.7 Å². The first-order valence-corrected chi connectivity index (χ1v) is 13.1. The molecule has 5 rings (SSSR count). The van der Waals surface area contributed by atoms with E-state index >= 15 is 0 Å². The molecule has 0 unspecified atom stereocenters. The van der Waals surface area contributed by atoms with Crippen LogP contribution in [0.3, 0.4) is 0 Å². The van der Waals surface area contributed by atoms with Crippen molar-refractivity contribution in [3.8, 4) is 11.4 Å². The number of pyridine rings is 2. The molecule has 0 bridgehead atoms. The van der Waals surface area contributed by atoms with Gasteiger partial charge in [-0.3, -0.25) is 10.1 Å². The lowest BCUT2D eigenvalue weighted by molar-refractivity contribution is 0.447. The van der Waals surface area contributed by atoms with Crippen molar-refractivity contribution in [1.29, 1.82) is 0 Å². The van der Waals surface area contributed by atoms with Crippen LogP contribution in [0.15, 0.2) is 55.1 Å². The number of rotatable bonds is 8. The third-order valence-electron chi connectivity index (χ3n) is 6.86. The minimum atomic E-state index is 0.758. The van der Waals surface area contributed by atoms with Gasteiger partial charge in [0.25, 0.3) is 0 Å². The molecule has 8 heteroatoms. The molecule has 38 heavy (non-hydrogen) atoms. The number of fused-ring (bicyclic) bond motifs is 1. The molecule has 196 valence electrons. The van der Waals surface area contributed by atoms with Gasteiger partial charge < -0.3 is 20.1 Å². The molecule has 5 heterocycles. The quantitative estimate of drug-likeness (QED) is 0.332. The van der Waals surface area contributed by atoms with E-state index in [0.29, 0.717) is 0 Å². The highest BCUT2D eigenvalue weighted by Gasteiger charge is 2.17. The van der Waals surface area contributed by atoms with E-state index < -0.39 is 0 Å². The predicted molar refractivity (Wildman–Crippen MR) is 158 cm³/mol. The van der Waals surface area contributed by atoms with E-state index in [4.69, 9.17) is 4.98 Å². The van der Waals surface area contributed by atoms with Crippen LogP contribution in [0.25, 0.3) is 40.5 Å². The Bertz CT molecular complexity index is 1580. The smallest absolute Gasteiger partial charge is 0.137 e. The van der Waals surface area contributed by atoms with Gasteiger partial charge in [0.1, 0.15) is 11.5 Å². The molecular formula is C30H36N8. The average Bonchev–Trinajstić information content (AvgIpc) is 3.50. The maximum atomic E-state index is 4.71. The standard InChI is InChI=1S/C30H36N8/c1-20(23-15-24(18-31-17-23)33-21(2)19-37(4)5)9-10-26-22(3)29(36-35-26)28-16-25-27(34-28)11-12-32-30(25)38-13-7-6-8-14-38/h9-12,15-18,33-35H,2-3,6-8,13-14,19H2,1,4-5H3/b20-9+,26-10+. The van der Waals surface area contributed by atoms with Gasteiger partial charge in [-0.25, -0.2) is 4.98 Å². The van der Waals surface area contributed by atoms with Gasteiger partial charge in [0.05, 0.1) is 28.4 Å². The molecule has 1 fully saturated rings. The maximum absolute atomic E-state index is 4.71. The number of nitrogens with zero attached hydrogens (tertiary/aromatic N) is 5. The Morgan fingerprint density at radius 2 is 2.00 bits per heavy atom. The summed E-state index contributed by atoms with van der Waals surface area (Å²) in [5.74, 6) is 1.05. The number of piperidine rings is 1. The zero-order valence-electron chi connectivity index (χ0n) is 22.5. The molecule has 0 spiro atoms. The molecule has 1 aliphatic heterocycles. The van der Waals surface area contributed by atoms with E-state index in [9.17, 15) is 0 Å². The van der Waals surface area contributed by atoms with Crippen molar-refractivity contribution in [1.82, 2.24) is 30.0 Å². The third kappa shape index (κ3) is 5.55.